The molecule has 0 unspecified atom stereocenters. The van der Waals surface area contributed by atoms with E-state index in [1.165, 1.54) is 0 Å². The summed E-state index contributed by atoms with van der Waals surface area (Å²) in [4.78, 5) is 24.8. The molecule has 0 aliphatic carbocycles. The number of rotatable bonds is 7. The normalized spacial score (nSPS) is 17.5. The molecular formula is C23H27NO5S. The Morgan fingerprint density at radius 1 is 1.03 bits per heavy atom. The van der Waals surface area contributed by atoms with Gasteiger partial charge in [0.05, 0.1) is 11.5 Å². The molecule has 6 nitrogen and oxygen atoms in total. The van der Waals surface area contributed by atoms with Crippen LogP contribution in [-0.4, -0.2) is 31.8 Å². The topological polar surface area (TPSA) is 89.5 Å². The lowest BCUT2D eigenvalue weighted by atomic mass is 10.0. The fourth-order valence-corrected chi connectivity index (χ4v) is 5.57. The molecule has 1 atom stereocenters. The number of aryl methyl sites for hydroxylation is 2. The predicted octanol–water partition coefficient (Wildman–Crippen LogP) is 3.79. The predicted molar refractivity (Wildman–Crippen MR) is 117 cm³/mol. The van der Waals surface area contributed by atoms with Crippen molar-refractivity contribution in [2.24, 2.45) is 5.92 Å². The number of carbonyl (C=O) groups is 2. The molecule has 1 heterocycles. The summed E-state index contributed by atoms with van der Waals surface area (Å²) in [5.41, 5.74) is 3.49. The van der Waals surface area contributed by atoms with Crippen LogP contribution in [0.2, 0.25) is 0 Å². The summed E-state index contributed by atoms with van der Waals surface area (Å²) in [5, 5.41) is 3.01. The fourth-order valence-electron chi connectivity index (χ4n) is 3.70. The number of para-hydroxylation sites is 1. The molecule has 0 radical (unpaired) electrons. The molecular weight excluding hydrogens is 402 g/mol. The van der Waals surface area contributed by atoms with Gasteiger partial charge in [0.25, 0.3) is 5.91 Å². The van der Waals surface area contributed by atoms with Crippen LogP contribution in [0.25, 0.3) is 0 Å². The second kappa shape index (κ2) is 9.43. The summed E-state index contributed by atoms with van der Waals surface area (Å²) < 4.78 is 28.3. The number of carbonyl (C=O) groups excluding carboxylic acids is 2. The molecule has 7 heteroatoms. The van der Waals surface area contributed by atoms with Gasteiger partial charge < -0.3 is 10.1 Å². The van der Waals surface area contributed by atoms with Crippen LogP contribution in [0.3, 0.4) is 0 Å². The van der Waals surface area contributed by atoms with Crippen LogP contribution >= 0.6 is 0 Å². The second-order valence-electron chi connectivity index (χ2n) is 7.58. The summed E-state index contributed by atoms with van der Waals surface area (Å²) in [5.74, 6) is -0.353. The number of esters is 1. The lowest BCUT2D eigenvalue weighted by molar-refractivity contribution is -0.135. The van der Waals surface area contributed by atoms with Crippen molar-refractivity contribution in [1.29, 1.82) is 0 Å². The van der Waals surface area contributed by atoms with Crippen molar-refractivity contribution in [1.82, 2.24) is 0 Å². The highest BCUT2D eigenvalue weighted by Crippen LogP contribution is 2.25. The summed E-state index contributed by atoms with van der Waals surface area (Å²) >= 11 is 0. The van der Waals surface area contributed by atoms with Crippen molar-refractivity contribution in [3.8, 4) is 5.75 Å². The lowest BCUT2D eigenvalue weighted by Gasteiger charge is -2.14. The Balaban J connectivity index is 1.62. The summed E-state index contributed by atoms with van der Waals surface area (Å²) in [6.45, 7) is 4.10. The van der Waals surface area contributed by atoms with Gasteiger partial charge in [-0.1, -0.05) is 32.0 Å². The van der Waals surface area contributed by atoms with Gasteiger partial charge in [-0.05, 0) is 60.6 Å². The standard InChI is InChI=1S/C23H27NO5S/c1-3-17-6-5-7-18(4-2)22(17)24-23(26)19-8-10-20(11-9-19)29-21(25)14-16-12-13-30(27,28)15-16/h5-11,16H,3-4,12-15H2,1-2H3,(H,24,26)/t16-/m0/s1. The van der Waals surface area contributed by atoms with Gasteiger partial charge in [0.2, 0.25) is 0 Å². The van der Waals surface area contributed by atoms with Crippen molar-refractivity contribution in [2.75, 3.05) is 16.8 Å². The summed E-state index contributed by atoms with van der Waals surface area (Å²) in [6, 6.07) is 12.4. The number of amides is 1. The van der Waals surface area contributed by atoms with Crippen LogP contribution in [0, 0.1) is 5.92 Å². The van der Waals surface area contributed by atoms with E-state index < -0.39 is 15.8 Å². The molecule has 0 bridgehead atoms. The first-order valence-corrected chi connectivity index (χ1v) is 12.1. The summed E-state index contributed by atoms with van der Waals surface area (Å²) in [6.07, 6.45) is 2.21. The van der Waals surface area contributed by atoms with E-state index in [1.54, 1.807) is 24.3 Å². The third kappa shape index (κ3) is 5.48. The van der Waals surface area contributed by atoms with Crippen molar-refractivity contribution >= 4 is 27.4 Å². The minimum Gasteiger partial charge on any atom is -0.427 e. The number of ether oxygens (including phenoxy) is 1. The molecule has 0 aromatic heterocycles. The van der Waals surface area contributed by atoms with Crippen molar-refractivity contribution in [3.63, 3.8) is 0 Å². The monoisotopic (exact) mass is 429 g/mol. The Morgan fingerprint density at radius 3 is 2.20 bits per heavy atom. The molecule has 0 saturated carbocycles. The molecule has 160 valence electrons. The second-order valence-corrected chi connectivity index (χ2v) is 9.81. The van der Waals surface area contributed by atoms with Gasteiger partial charge in [-0.15, -0.1) is 0 Å². The third-order valence-corrected chi connectivity index (χ3v) is 7.20. The van der Waals surface area contributed by atoms with Gasteiger partial charge in [0.1, 0.15) is 5.75 Å². The SMILES string of the molecule is CCc1cccc(CC)c1NC(=O)c1ccc(OC(=O)C[C@@H]2CCS(=O)(=O)C2)cc1. The number of anilines is 1. The van der Waals surface area contributed by atoms with Gasteiger partial charge in [0, 0.05) is 17.7 Å². The van der Waals surface area contributed by atoms with Gasteiger partial charge in [-0.3, -0.25) is 9.59 Å². The van der Waals surface area contributed by atoms with E-state index in [0.29, 0.717) is 17.7 Å². The van der Waals surface area contributed by atoms with E-state index in [9.17, 15) is 18.0 Å². The van der Waals surface area contributed by atoms with Crippen molar-refractivity contribution < 1.29 is 22.7 Å². The fraction of sp³-hybridized carbons (Fsp3) is 0.391. The van der Waals surface area contributed by atoms with Crippen molar-refractivity contribution in [3.05, 3.63) is 59.2 Å². The van der Waals surface area contributed by atoms with E-state index in [2.05, 4.69) is 19.2 Å². The molecule has 1 saturated heterocycles. The number of nitrogens with one attached hydrogen (secondary N) is 1. The Kier molecular flexibility index (Phi) is 6.92. The lowest BCUT2D eigenvalue weighted by Crippen LogP contribution is -2.16. The number of sulfone groups is 1. The molecule has 30 heavy (non-hydrogen) atoms. The van der Waals surface area contributed by atoms with Crippen LogP contribution in [0.15, 0.2) is 42.5 Å². The van der Waals surface area contributed by atoms with Crippen LogP contribution in [-0.2, 0) is 27.5 Å². The van der Waals surface area contributed by atoms with Crippen LogP contribution in [0.5, 0.6) is 5.75 Å². The molecule has 2 aromatic rings. The molecule has 1 amide bonds. The van der Waals surface area contributed by atoms with Crippen LogP contribution in [0.1, 0.15) is 48.2 Å². The Hall–Kier alpha value is -2.67. The maximum atomic E-state index is 12.7. The number of hydrogen-bond acceptors (Lipinski definition) is 5. The smallest absolute Gasteiger partial charge is 0.311 e. The van der Waals surface area contributed by atoms with E-state index in [0.717, 1.165) is 29.7 Å². The third-order valence-electron chi connectivity index (χ3n) is 5.37. The van der Waals surface area contributed by atoms with Gasteiger partial charge >= 0.3 is 5.97 Å². The molecule has 1 fully saturated rings. The molecule has 3 rings (SSSR count). The molecule has 1 aliphatic rings. The first-order valence-electron chi connectivity index (χ1n) is 10.2. The largest absolute Gasteiger partial charge is 0.427 e. The highest BCUT2D eigenvalue weighted by Gasteiger charge is 2.30. The molecule has 2 aromatic carbocycles. The van der Waals surface area contributed by atoms with Crippen LogP contribution in [0.4, 0.5) is 5.69 Å². The zero-order valence-corrected chi connectivity index (χ0v) is 18.1. The maximum Gasteiger partial charge on any atom is 0.311 e. The average molecular weight is 430 g/mol. The Labute approximate surface area is 177 Å². The average Bonchev–Trinajstić information content (AvgIpc) is 3.06. The minimum atomic E-state index is -3.02. The minimum absolute atomic E-state index is 0.0419. The van der Waals surface area contributed by atoms with E-state index in [-0.39, 0.29) is 29.8 Å². The van der Waals surface area contributed by atoms with Gasteiger partial charge in [-0.25, -0.2) is 8.42 Å². The molecule has 0 spiro atoms. The van der Waals surface area contributed by atoms with E-state index >= 15 is 0 Å². The molecule has 1 N–H and O–H groups in total. The highest BCUT2D eigenvalue weighted by atomic mass is 32.2. The first kappa shape index (κ1) is 22.0. The number of hydrogen-bond donors (Lipinski definition) is 1. The van der Waals surface area contributed by atoms with Crippen molar-refractivity contribution in [2.45, 2.75) is 39.5 Å². The Morgan fingerprint density at radius 2 is 1.67 bits per heavy atom. The van der Waals surface area contributed by atoms with Crippen LogP contribution < -0.4 is 10.1 Å². The maximum absolute atomic E-state index is 12.7. The number of benzene rings is 2. The van der Waals surface area contributed by atoms with Gasteiger partial charge in [0.15, 0.2) is 9.84 Å². The quantitative estimate of drug-likeness (QED) is 0.534. The van der Waals surface area contributed by atoms with E-state index in [4.69, 9.17) is 4.74 Å². The first-order chi connectivity index (χ1) is 14.3. The molecule has 1 aliphatic heterocycles. The van der Waals surface area contributed by atoms with Gasteiger partial charge in [-0.2, -0.15) is 0 Å². The highest BCUT2D eigenvalue weighted by molar-refractivity contribution is 7.91. The van der Waals surface area contributed by atoms with E-state index in [1.807, 2.05) is 18.2 Å². The zero-order valence-electron chi connectivity index (χ0n) is 17.3. The summed E-state index contributed by atoms with van der Waals surface area (Å²) in [7, 11) is -3.02. The zero-order chi connectivity index (χ0) is 21.7. The Bertz CT molecular complexity index is 1010.